The zero-order valence-electron chi connectivity index (χ0n) is 26.0. The summed E-state index contributed by atoms with van der Waals surface area (Å²) >= 11 is 0. The fourth-order valence-electron chi connectivity index (χ4n) is 9.81. The molecule has 0 radical (unpaired) electrons. The SMILES string of the molecule is c1ccc2c(c1)-c1ccccc1C21c2cccc(-c3cc4c5ccccc5n5c6ccccc6c(c3)c45)c2-c2ccc3ccccc3c21. The highest BCUT2D eigenvalue weighted by molar-refractivity contribution is 6.24. The minimum atomic E-state index is -0.405. The van der Waals surface area contributed by atoms with Crippen LogP contribution >= 0.6 is 0 Å². The number of nitrogens with zero attached hydrogens (tertiary/aromatic N) is 1. The maximum atomic E-state index is 2.47. The van der Waals surface area contributed by atoms with Crippen LogP contribution in [-0.2, 0) is 5.41 Å². The molecule has 48 heavy (non-hydrogen) atoms. The molecule has 2 aliphatic carbocycles. The lowest BCUT2D eigenvalue weighted by molar-refractivity contribution is 0.801. The number of hydrogen-bond donors (Lipinski definition) is 0. The average Bonchev–Trinajstić information content (AvgIpc) is 3.86. The highest BCUT2D eigenvalue weighted by Gasteiger charge is 2.52. The van der Waals surface area contributed by atoms with Crippen LogP contribution < -0.4 is 0 Å². The summed E-state index contributed by atoms with van der Waals surface area (Å²) in [5.74, 6) is 0. The van der Waals surface area contributed by atoms with E-state index < -0.39 is 5.41 Å². The van der Waals surface area contributed by atoms with Crippen LogP contribution in [0.2, 0.25) is 0 Å². The van der Waals surface area contributed by atoms with E-state index in [0.717, 1.165) is 0 Å². The average molecular weight is 606 g/mol. The zero-order chi connectivity index (χ0) is 31.1. The topological polar surface area (TPSA) is 4.41 Å². The third kappa shape index (κ3) is 2.75. The van der Waals surface area contributed by atoms with Gasteiger partial charge in [-0.2, -0.15) is 0 Å². The molecule has 1 nitrogen and oxygen atoms in total. The Balaban J connectivity index is 1.27. The summed E-state index contributed by atoms with van der Waals surface area (Å²) in [6.07, 6.45) is 0. The van der Waals surface area contributed by atoms with Crippen LogP contribution in [0.15, 0.2) is 164 Å². The van der Waals surface area contributed by atoms with Crippen LogP contribution in [0.1, 0.15) is 22.3 Å². The molecule has 0 bridgehead atoms. The Labute approximate surface area is 277 Å². The van der Waals surface area contributed by atoms with Crippen LogP contribution in [0.25, 0.3) is 82.2 Å². The van der Waals surface area contributed by atoms with Gasteiger partial charge in [0.15, 0.2) is 0 Å². The van der Waals surface area contributed by atoms with Gasteiger partial charge in [-0.3, -0.25) is 0 Å². The Kier molecular flexibility index (Phi) is 4.47. The minimum absolute atomic E-state index is 0.405. The zero-order valence-corrected chi connectivity index (χ0v) is 26.0. The molecule has 0 N–H and O–H groups in total. The van der Waals surface area contributed by atoms with Gasteiger partial charge >= 0.3 is 0 Å². The van der Waals surface area contributed by atoms with Gasteiger partial charge in [-0.1, -0.05) is 140 Å². The Hall–Kier alpha value is -6.18. The third-order valence-corrected chi connectivity index (χ3v) is 11.5. The molecular formula is C47H27N. The van der Waals surface area contributed by atoms with E-state index in [-0.39, 0.29) is 0 Å². The van der Waals surface area contributed by atoms with E-state index in [2.05, 4.69) is 168 Å². The van der Waals surface area contributed by atoms with Crippen molar-refractivity contribution in [3.05, 3.63) is 186 Å². The van der Waals surface area contributed by atoms with Crippen molar-refractivity contribution >= 4 is 48.9 Å². The second kappa shape index (κ2) is 8.59. The Morgan fingerprint density at radius 1 is 0.375 bits per heavy atom. The van der Waals surface area contributed by atoms with Gasteiger partial charge < -0.3 is 4.40 Å². The summed E-state index contributed by atoms with van der Waals surface area (Å²) in [4.78, 5) is 0. The van der Waals surface area contributed by atoms with Crippen molar-refractivity contribution in [3.63, 3.8) is 0 Å². The van der Waals surface area contributed by atoms with Crippen LogP contribution in [0.5, 0.6) is 0 Å². The molecule has 1 heteroatoms. The predicted octanol–water partition coefficient (Wildman–Crippen LogP) is 12.0. The summed E-state index contributed by atoms with van der Waals surface area (Å²) < 4.78 is 2.47. The lowest BCUT2D eigenvalue weighted by Gasteiger charge is -2.31. The van der Waals surface area contributed by atoms with E-state index >= 15 is 0 Å². The normalized spacial score (nSPS) is 14.0. The second-order valence-electron chi connectivity index (χ2n) is 13.6. The highest BCUT2D eigenvalue weighted by Crippen LogP contribution is 2.65. The molecule has 2 aliphatic rings. The van der Waals surface area contributed by atoms with Gasteiger partial charge in [-0.15, -0.1) is 0 Å². The van der Waals surface area contributed by atoms with E-state index in [4.69, 9.17) is 0 Å². The lowest BCUT2D eigenvalue weighted by atomic mass is 9.69. The number of aromatic nitrogens is 1. The molecule has 2 heterocycles. The maximum Gasteiger partial charge on any atom is 0.0731 e. The molecule has 2 aromatic heterocycles. The smallest absolute Gasteiger partial charge is 0.0731 e. The van der Waals surface area contributed by atoms with E-state index in [1.807, 2.05) is 0 Å². The van der Waals surface area contributed by atoms with Crippen LogP contribution in [0.3, 0.4) is 0 Å². The molecule has 1 spiro atoms. The lowest BCUT2D eigenvalue weighted by Crippen LogP contribution is -2.26. The van der Waals surface area contributed by atoms with Crippen molar-refractivity contribution in [1.82, 2.24) is 4.40 Å². The number of hydrogen-bond acceptors (Lipinski definition) is 0. The number of benzene rings is 8. The van der Waals surface area contributed by atoms with Gasteiger partial charge in [0.05, 0.1) is 22.0 Å². The molecule has 12 rings (SSSR count). The molecule has 0 fully saturated rings. The monoisotopic (exact) mass is 605 g/mol. The Morgan fingerprint density at radius 3 is 1.60 bits per heavy atom. The predicted molar refractivity (Wildman–Crippen MR) is 200 cm³/mol. The van der Waals surface area contributed by atoms with Crippen LogP contribution in [-0.4, -0.2) is 4.40 Å². The Bertz CT molecular complexity index is 2880. The van der Waals surface area contributed by atoms with Gasteiger partial charge in [0.25, 0.3) is 0 Å². The van der Waals surface area contributed by atoms with Crippen molar-refractivity contribution < 1.29 is 0 Å². The largest absolute Gasteiger partial charge is 0.308 e. The van der Waals surface area contributed by atoms with Crippen molar-refractivity contribution in [1.29, 1.82) is 0 Å². The molecule has 0 aliphatic heterocycles. The van der Waals surface area contributed by atoms with Gasteiger partial charge in [-0.05, 0) is 90.7 Å². The molecule has 8 aromatic carbocycles. The first-order valence-electron chi connectivity index (χ1n) is 16.9. The van der Waals surface area contributed by atoms with Gasteiger partial charge in [0, 0.05) is 21.5 Å². The van der Waals surface area contributed by atoms with E-state index in [9.17, 15) is 0 Å². The van der Waals surface area contributed by atoms with Gasteiger partial charge in [0.2, 0.25) is 0 Å². The first-order chi connectivity index (χ1) is 23.8. The molecule has 0 atom stereocenters. The minimum Gasteiger partial charge on any atom is -0.308 e. The number of rotatable bonds is 1. The summed E-state index contributed by atoms with van der Waals surface area (Å²) in [5, 5.41) is 7.85. The standard InChI is InChI=1S/C47H27N/c1-2-13-31-28(12-1)24-25-36-44-30(18-11-21-41(44)47(45(31)36)39-19-7-3-14-32(39)33-15-4-8-20-40(33)47)29-26-37-34-16-5-9-22-42(34)48-43-23-10-6-17-35(43)38(27-29)46(37)48/h1-27H. The van der Waals surface area contributed by atoms with Crippen LogP contribution in [0, 0.1) is 0 Å². The van der Waals surface area contributed by atoms with Crippen molar-refractivity contribution in [2.75, 3.05) is 0 Å². The van der Waals surface area contributed by atoms with Crippen molar-refractivity contribution in [3.8, 4) is 33.4 Å². The third-order valence-electron chi connectivity index (χ3n) is 11.5. The number of fused-ring (bicyclic) bond motifs is 18. The summed E-state index contributed by atoms with van der Waals surface area (Å²) in [6.45, 7) is 0. The fraction of sp³-hybridized carbons (Fsp3) is 0.0213. The molecule has 0 unspecified atom stereocenters. The van der Waals surface area contributed by atoms with Crippen LogP contribution in [0.4, 0.5) is 0 Å². The Morgan fingerprint density at radius 2 is 0.917 bits per heavy atom. The summed E-state index contributed by atoms with van der Waals surface area (Å²) in [7, 11) is 0. The second-order valence-corrected chi connectivity index (χ2v) is 13.6. The molecule has 0 amide bonds. The molecule has 220 valence electrons. The first-order valence-corrected chi connectivity index (χ1v) is 16.9. The van der Waals surface area contributed by atoms with Crippen molar-refractivity contribution in [2.45, 2.75) is 5.41 Å². The van der Waals surface area contributed by atoms with Crippen molar-refractivity contribution in [2.24, 2.45) is 0 Å². The van der Waals surface area contributed by atoms with Gasteiger partial charge in [-0.25, -0.2) is 0 Å². The first kappa shape index (κ1) is 25.0. The van der Waals surface area contributed by atoms with E-state index in [1.165, 1.54) is 105 Å². The molecule has 0 saturated carbocycles. The molecule has 10 aromatic rings. The van der Waals surface area contributed by atoms with Gasteiger partial charge in [0.1, 0.15) is 0 Å². The summed E-state index contributed by atoms with van der Waals surface area (Å²) in [6, 6.07) is 61.7. The fourth-order valence-corrected chi connectivity index (χ4v) is 9.81. The van der Waals surface area contributed by atoms with E-state index in [1.54, 1.807) is 0 Å². The molecular weight excluding hydrogens is 579 g/mol. The maximum absolute atomic E-state index is 2.47. The quantitative estimate of drug-likeness (QED) is 0.175. The van der Waals surface area contributed by atoms with E-state index in [0.29, 0.717) is 0 Å². The summed E-state index contributed by atoms with van der Waals surface area (Å²) in [5.41, 5.74) is 16.9. The molecule has 0 saturated heterocycles. The number of para-hydroxylation sites is 2. The highest BCUT2D eigenvalue weighted by atomic mass is 14.9.